The topological polar surface area (TPSA) is 29.1 Å². The zero-order valence-electron chi connectivity index (χ0n) is 11.1. The van der Waals surface area contributed by atoms with E-state index in [1.54, 1.807) is 6.07 Å². The molecule has 1 saturated carbocycles. The van der Waals surface area contributed by atoms with Crippen LogP contribution in [0.2, 0.25) is 5.02 Å². The van der Waals surface area contributed by atoms with Gasteiger partial charge in [-0.25, -0.2) is 0 Å². The maximum absolute atomic E-state index is 12.1. The second-order valence-electron chi connectivity index (χ2n) is 5.28. The van der Waals surface area contributed by atoms with E-state index in [2.05, 4.69) is 21.2 Å². The van der Waals surface area contributed by atoms with Crippen molar-refractivity contribution in [2.75, 3.05) is 6.54 Å². The second-order valence-corrected chi connectivity index (χ2v) is 6.95. The highest BCUT2D eigenvalue weighted by Crippen LogP contribution is 2.28. The number of benzene rings is 1. The molecule has 1 aromatic carbocycles. The molecular formula is C15H19BrClNO. The minimum absolute atomic E-state index is 0.0644. The molecule has 1 amide bonds. The molecule has 1 aromatic rings. The second kappa shape index (κ2) is 6.76. The molecule has 0 aromatic heterocycles. The van der Waals surface area contributed by atoms with Crippen molar-refractivity contribution in [3.63, 3.8) is 0 Å². The Kier molecular flexibility index (Phi) is 5.28. The molecule has 0 saturated heterocycles. The third-order valence-electron chi connectivity index (χ3n) is 3.71. The van der Waals surface area contributed by atoms with E-state index in [1.165, 1.54) is 19.3 Å². The van der Waals surface area contributed by atoms with E-state index < -0.39 is 0 Å². The normalized spacial score (nSPS) is 23.1. The van der Waals surface area contributed by atoms with Gasteiger partial charge in [0.1, 0.15) is 0 Å². The van der Waals surface area contributed by atoms with Gasteiger partial charge in [0, 0.05) is 11.4 Å². The first-order valence-electron chi connectivity index (χ1n) is 6.75. The summed E-state index contributed by atoms with van der Waals surface area (Å²) in [5.41, 5.74) is 1.51. The van der Waals surface area contributed by atoms with Crippen molar-refractivity contribution in [1.82, 2.24) is 5.32 Å². The van der Waals surface area contributed by atoms with Crippen LogP contribution >= 0.6 is 27.5 Å². The number of carbonyl (C=O) groups excluding carboxylic acids is 1. The standard InChI is InChI=1S/C15H19BrClNO/c1-10-4-2-7-13(14(10)17)15(19)18-9-11-5-3-6-12(16)8-11/h2,4,7,11-12H,3,5-6,8-9H2,1H3,(H,18,19). The van der Waals surface area contributed by atoms with Gasteiger partial charge in [-0.15, -0.1) is 0 Å². The molecule has 0 spiro atoms. The van der Waals surface area contributed by atoms with E-state index in [-0.39, 0.29) is 5.91 Å². The van der Waals surface area contributed by atoms with Gasteiger partial charge in [-0.3, -0.25) is 4.79 Å². The molecule has 2 unspecified atom stereocenters. The Balaban J connectivity index is 1.92. The monoisotopic (exact) mass is 343 g/mol. The quantitative estimate of drug-likeness (QED) is 0.812. The summed E-state index contributed by atoms with van der Waals surface area (Å²) in [5, 5.41) is 3.57. The molecule has 104 valence electrons. The van der Waals surface area contributed by atoms with E-state index in [1.807, 2.05) is 19.1 Å². The average Bonchev–Trinajstić information content (AvgIpc) is 2.39. The van der Waals surface area contributed by atoms with Crippen LogP contribution in [-0.2, 0) is 0 Å². The summed E-state index contributed by atoms with van der Waals surface area (Å²) in [5.74, 6) is 0.510. The highest BCUT2D eigenvalue weighted by atomic mass is 79.9. The highest BCUT2D eigenvalue weighted by Gasteiger charge is 2.21. The van der Waals surface area contributed by atoms with Crippen LogP contribution in [0, 0.1) is 12.8 Å². The fourth-order valence-electron chi connectivity index (χ4n) is 2.57. The van der Waals surface area contributed by atoms with Crippen LogP contribution in [0.3, 0.4) is 0 Å². The largest absolute Gasteiger partial charge is 0.352 e. The molecule has 4 heteroatoms. The smallest absolute Gasteiger partial charge is 0.252 e. The number of hydrogen-bond acceptors (Lipinski definition) is 1. The number of nitrogens with one attached hydrogen (secondary N) is 1. The molecular weight excluding hydrogens is 326 g/mol. The third kappa shape index (κ3) is 3.96. The summed E-state index contributed by atoms with van der Waals surface area (Å²) in [6, 6.07) is 5.56. The van der Waals surface area contributed by atoms with Crippen LogP contribution in [0.4, 0.5) is 0 Å². The maximum atomic E-state index is 12.1. The first-order chi connectivity index (χ1) is 9.08. The zero-order valence-corrected chi connectivity index (χ0v) is 13.4. The van der Waals surface area contributed by atoms with Gasteiger partial charge in [0.2, 0.25) is 0 Å². The summed E-state index contributed by atoms with van der Waals surface area (Å²) in [4.78, 5) is 12.7. The van der Waals surface area contributed by atoms with Gasteiger partial charge in [-0.05, 0) is 43.7 Å². The molecule has 2 atom stereocenters. The van der Waals surface area contributed by atoms with E-state index in [9.17, 15) is 4.79 Å². The lowest BCUT2D eigenvalue weighted by molar-refractivity contribution is 0.0944. The van der Waals surface area contributed by atoms with E-state index in [4.69, 9.17) is 11.6 Å². The Hall–Kier alpha value is -0.540. The fourth-order valence-corrected chi connectivity index (χ4v) is 3.63. The van der Waals surface area contributed by atoms with Crippen LogP contribution in [0.15, 0.2) is 18.2 Å². The number of alkyl halides is 1. The van der Waals surface area contributed by atoms with E-state index in [0.717, 1.165) is 18.5 Å². The molecule has 1 aliphatic rings. The van der Waals surface area contributed by atoms with Crippen molar-refractivity contribution in [3.05, 3.63) is 34.3 Å². The number of halogens is 2. The van der Waals surface area contributed by atoms with Crippen LogP contribution in [0.5, 0.6) is 0 Å². The summed E-state index contributed by atoms with van der Waals surface area (Å²) >= 11 is 9.83. The van der Waals surface area contributed by atoms with Gasteiger partial charge in [-0.1, -0.05) is 46.1 Å². The molecule has 1 N–H and O–H groups in total. The first kappa shape index (κ1) is 14.9. The molecule has 2 rings (SSSR count). The van der Waals surface area contributed by atoms with Gasteiger partial charge in [0.15, 0.2) is 0 Å². The van der Waals surface area contributed by atoms with Crippen LogP contribution in [-0.4, -0.2) is 17.3 Å². The van der Waals surface area contributed by atoms with Crippen molar-refractivity contribution in [2.24, 2.45) is 5.92 Å². The predicted octanol–water partition coefficient (Wildman–Crippen LogP) is 4.33. The van der Waals surface area contributed by atoms with Crippen LogP contribution in [0.1, 0.15) is 41.6 Å². The van der Waals surface area contributed by atoms with Crippen molar-refractivity contribution in [2.45, 2.75) is 37.4 Å². The third-order valence-corrected chi connectivity index (χ3v) is 5.04. The predicted molar refractivity (Wildman–Crippen MR) is 83.2 cm³/mol. The average molecular weight is 345 g/mol. The van der Waals surface area contributed by atoms with Crippen LogP contribution in [0.25, 0.3) is 0 Å². The number of aryl methyl sites for hydroxylation is 1. The molecule has 1 fully saturated rings. The molecule has 19 heavy (non-hydrogen) atoms. The molecule has 2 nitrogen and oxygen atoms in total. The van der Waals surface area contributed by atoms with Gasteiger partial charge in [0.25, 0.3) is 5.91 Å². The Morgan fingerprint density at radius 3 is 3.00 bits per heavy atom. The fraction of sp³-hybridized carbons (Fsp3) is 0.533. The summed E-state index contributed by atoms with van der Waals surface area (Å²) in [6.45, 7) is 2.65. The minimum atomic E-state index is -0.0644. The molecule has 0 aliphatic heterocycles. The molecule has 0 heterocycles. The lowest BCUT2D eigenvalue weighted by Gasteiger charge is -2.25. The SMILES string of the molecule is Cc1cccc(C(=O)NCC2CCCC(Br)C2)c1Cl. The van der Waals surface area contributed by atoms with Crippen molar-refractivity contribution in [3.8, 4) is 0 Å². The number of rotatable bonds is 3. The molecule has 0 bridgehead atoms. The van der Waals surface area contributed by atoms with E-state index in [0.29, 0.717) is 21.3 Å². The van der Waals surface area contributed by atoms with Gasteiger partial charge >= 0.3 is 0 Å². The van der Waals surface area contributed by atoms with Crippen molar-refractivity contribution < 1.29 is 4.79 Å². The summed E-state index contributed by atoms with van der Waals surface area (Å²) in [7, 11) is 0. The first-order valence-corrected chi connectivity index (χ1v) is 8.04. The number of amides is 1. The Morgan fingerprint density at radius 2 is 2.26 bits per heavy atom. The highest BCUT2D eigenvalue weighted by molar-refractivity contribution is 9.09. The molecule has 0 radical (unpaired) electrons. The van der Waals surface area contributed by atoms with E-state index >= 15 is 0 Å². The summed E-state index contributed by atoms with van der Waals surface area (Å²) < 4.78 is 0. The lowest BCUT2D eigenvalue weighted by Crippen LogP contribution is -2.32. The Morgan fingerprint density at radius 1 is 1.47 bits per heavy atom. The lowest BCUT2D eigenvalue weighted by atomic mass is 9.89. The van der Waals surface area contributed by atoms with Crippen molar-refractivity contribution in [1.29, 1.82) is 0 Å². The Labute approximate surface area is 128 Å². The number of hydrogen-bond donors (Lipinski definition) is 1. The van der Waals surface area contributed by atoms with Crippen molar-refractivity contribution >= 4 is 33.4 Å². The minimum Gasteiger partial charge on any atom is -0.352 e. The van der Waals surface area contributed by atoms with Gasteiger partial charge < -0.3 is 5.32 Å². The van der Waals surface area contributed by atoms with Crippen LogP contribution < -0.4 is 5.32 Å². The zero-order chi connectivity index (χ0) is 13.8. The van der Waals surface area contributed by atoms with Gasteiger partial charge in [-0.2, -0.15) is 0 Å². The summed E-state index contributed by atoms with van der Waals surface area (Å²) in [6.07, 6.45) is 4.82. The number of carbonyl (C=O) groups is 1. The Bertz CT molecular complexity index is 463. The maximum Gasteiger partial charge on any atom is 0.252 e. The van der Waals surface area contributed by atoms with Gasteiger partial charge in [0.05, 0.1) is 10.6 Å². The molecule has 1 aliphatic carbocycles.